The smallest absolute Gasteiger partial charge is 0.182 e. The normalized spacial score (nSPS) is 16.0. The third-order valence-electron chi connectivity index (χ3n) is 4.48. The van der Waals surface area contributed by atoms with Crippen LogP contribution in [0.5, 0.6) is 0 Å². The number of fused-ring (bicyclic) bond motifs is 1. The van der Waals surface area contributed by atoms with Crippen LogP contribution in [0.1, 0.15) is 24.2 Å². The molecule has 0 aromatic heterocycles. The van der Waals surface area contributed by atoms with Crippen LogP contribution >= 0.6 is 11.8 Å². The molecule has 1 aliphatic rings. The van der Waals surface area contributed by atoms with E-state index in [9.17, 15) is 4.79 Å². The first-order valence-corrected chi connectivity index (χ1v) is 9.38. The molecule has 4 N–H and O–H groups in total. The number of carbonyl (C=O) groups excluding carboxylic acids is 1. The molecule has 0 radical (unpaired) electrons. The lowest BCUT2D eigenvalue weighted by Crippen LogP contribution is -2.39. The molecule has 5 nitrogen and oxygen atoms in total. The van der Waals surface area contributed by atoms with Crippen LogP contribution in [0, 0.1) is 0 Å². The minimum atomic E-state index is -0.268. The largest absolute Gasteiger partial charge is 0.399 e. The minimum absolute atomic E-state index is 0.0619. The number of nitrogens with zero attached hydrogens (tertiary/aromatic N) is 2. The summed E-state index contributed by atoms with van der Waals surface area (Å²) in [6.45, 7) is 6.40. The van der Waals surface area contributed by atoms with Crippen molar-refractivity contribution >= 4 is 34.6 Å². The van der Waals surface area contributed by atoms with Gasteiger partial charge in [-0.1, -0.05) is 11.8 Å². The van der Waals surface area contributed by atoms with Crippen molar-refractivity contribution in [1.29, 1.82) is 0 Å². The van der Waals surface area contributed by atoms with Gasteiger partial charge in [-0.25, -0.2) is 0 Å². The molecule has 6 heteroatoms. The third-order valence-corrected chi connectivity index (χ3v) is 5.56. The van der Waals surface area contributed by atoms with Gasteiger partial charge in [0, 0.05) is 34.9 Å². The molecule has 0 fully saturated rings. The number of hydrogen-bond acceptors (Lipinski definition) is 6. The van der Waals surface area contributed by atoms with E-state index in [0.29, 0.717) is 11.3 Å². The van der Waals surface area contributed by atoms with Gasteiger partial charge >= 0.3 is 0 Å². The second-order valence-corrected chi connectivity index (χ2v) is 7.16. The maximum Gasteiger partial charge on any atom is 0.182 e. The second kappa shape index (κ2) is 7.37. The fourth-order valence-corrected chi connectivity index (χ4v) is 4.15. The Kier molecular flexibility index (Phi) is 5.20. The van der Waals surface area contributed by atoms with Crippen molar-refractivity contribution in [3.05, 3.63) is 48.0 Å². The topological polar surface area (TPSA) is 75.6 Å². The molecule has 0 amide bonds. The molecule has 0 bridgehead atoms. The molecule has 132 valence electrons. The SMILES string of the molecule is CCN(CC)c1ccc(C(=O)CN2c3ccc(N)cc3SC2N)cc1. The van der Waals surface area contributed by atoms with Crippen molar-refractivity contribution in [1.82, 2.24) is 0 Å². The Bertz CT molecular complexity index is 759. The van der Waals surface area contributed by atoms with Gasteiger partial charge in [0.1, 0.15) is 5.50 Å². The van der Waals surface area contributed by atoms with Crippen molar-refractivity contribution < 1.29 is 4.79 Å². The first-order chi connectivity index (χ1) is 12.0. The van der Waals surface area contributed by atoms with Gasteiger partial charge in [-0.2, -0.15) is 0 Å². The summed E-state index contributed by atoms with van der Waals surface area (Å²) in [5.41, 5.74) is 15.3. The number of ketones is 1. The molecule has 2 aromatic carbocycles. The number of thioether (sulfide) groups is 1. The molecule has 0 spiro atoms. The van der Waals surface area contributed by atoms with E-state index in [1.165, 1.54) is 11.8 Å². The lowest BCUT2D eigenvalue weighted by Gasteiger charge is -2.23. The van der Waals surface area contributed by atoms with Crippen molar-refractivity contribution in [3.63, 3.8) is 0 Å². The lowest BCUT2D eigenvalue weighted by molar-refractivity contribution is 0.0998. The van der Waals surface area contributed by atoms with E-state index in [0.717, 1.165) is 29.4 Å². The highest BCUT2D eigenvalue weighted by Crippen LogP contribution is 2.42. The third kappa shape index (κ3) is 3.60. The highest BCUT2D eigenvalue weighted by molar-refractivity contribution is 8.00. The summed E-state index contributed by atoms with van der Waals surface area (Å²) >= 11 is 1.53. The minimum Gasteiger partial charge on any atom is -0.399 e. The van der Waals surface area contributed by atoms with Crippen LogP contribution in [-0.2, 0) is 0 Å². The van der Waals surface area contributed by atoms with Crippen LogP contribution < -0.4 is 21.3 Å². The number of rotatable bonds is 6. The molecule has 0 aliphatic carbocycles. The molecule has 25 heavy (non-hydrogen) atoms. The summed E-state index contributed by atoms with van der Waals surface area (Å²) < 4.78 is 0. The first kappa shape index (κ1) is 17.6. The lowest BCUT2D eigenvalue weighted by atomic mass is 10.1. The molecule has 0 saturated heterocycles. The Balaban J connectivity index is 1.75. The molecule has 1 unspecified atom stereocenters. The van der Waals surface area contributed by atoms with Gasteiger partial charge in [-0.3, -0.25) is 4.79 Å². The monoisotopic (exact) mass is 356 g/mol. The molecule has 2 aromatic rings. The molecular weight excluding hydrogens is 332 g/mol. The van der Waals surface area contributed by atoms with Crippen LogP contribution in [-0.4, -0.2) is 30.9 Å². The van der Waals surface area contributed by atoms with Crippen molar-refractivity contribution in [2.75, 3.05) is 35.2 Å². The predicted molar refractivity (Wildman–Crippen MR) is 106 cm³/mol. The van der Waals surface area contributed by atoms with Gasteiger partial charge in [0.05, 0.1) is 12.2 Å². The van der Waals surface area contributed by atoms with E-state index < -0.39 is 0 Å². The van der Waals surface area contributed by atoms with Crippen LogP contribution in [0.4, 0.5) is 17.1 Å². The zero-order valence-corrected chi connectivity index (χ0v) is 15.4. The average molecular weight is 356 g/mol. The van der Waals surface area contributed by atoms with Crippen LogP contribution in [0.25, 0.3) is 0 Å². The fraction of sp³-hybridized carbons (Fsp3) is 0.316. The molecular formula is C19H24N4OS. The summed E-state index contributed by atoms with van der Waals surface area (Å²) in [7, 11) is 0. The van der Waals surface area contributed by atoms with Crippen molar-refractivity contribution in [2.45, 2.75) is 24.2 Å². The highest BCUT2D eigenvalue weighted by atomic mass is 32.2. The number of hydrogen-bond donors (Lipinski definition) is 2. The summed E-state index contributed by atoms with van der Waals surface area (Å²) in [4.78, 5) is 17.9. The van der Waals surface area contributed by atoms with Gasteiger partial charge < -0.3 is 21.3 Å². The standard InChI is InChI=1S/C19H24N4OS/c1-3-22(4-2)15-8-5-13(6-9-15)17(24)12-23-16-10-7-14(20)11-18(16)25-19(23)21/h5-11,19H,3-4,12,20-21H2,1-2H3. The zero-order chi connectivity index (χ0) is 18.0. The Morgan fingerprint density at radius 3 is 2.48 bits per heavy atom. The maximum absolute atomic E-state index is 12.7. The van der Waals surface area contributed by atoms with Gasteiger partial charge in [0.2, 0.25) is 0 Å². The van der Waals surface area contributed by atoms with Crippen LogP contribution in [0.3, 0.4) is 0 Å². The molecule has 3 rings (SSSR count). The number of Topliss-reactive ketones (excluding diaryl/α,β-unsaturated/α-hetero) is 1. The zero-order valence-electron chi connectivity index (χ0n) is 14.6. The first-order valence-electron chi connectivity index (χ1n) is 8.50. The van der Waals surface area contributed by atoms with Crippen LogP contribution in [0.15, 0.2) is 47.4 Å². The summed E-state index contributed by atoms with van der Waals surface area (Å²) in [5, 5.41) is 0. The fourth-order valence-electron chi connectivity index (χ4n) is 3.06. The highest BCUT2D eigenvalue weighted by Gasteiger charge is 2.29. The van der Waals surface area contributed by atoms with Crippen molar-refractivity contribution in [2.24, 2.45) is 5.73 Å². The number of nitrogens with two attached hydrogens (primary N) is 2. The Morgan fingerprint density at radius 2 is 1.84 bits per heavy atom. The van der Waals surface area contributed by atoms with Gasteiger partial charge in [0.25, 0.3) is 0 Å². The van der Waals surface area contributed by atoms with E-state index in [1.54, 1.807) is 0 Å². The Labute approximate surface area is 153 Å². The molecule has 1 heterocycles. The van der Waals surface area contributed by atoms with Gasteiger partial charge in [-0.05, 0) is 56.3 Å². The van der Waals surface area contributed by atoms with E-state index >= 15 is 0 Å². The Morgan fingerprint density at radius 1 is 1.16 bits per heavy atom. The molecule has 1 atom stereocenters. The Hall–Kier alpha value is -2.18. The van der Waals surface area contributed by atoms with E-state index in [1.807, 2.05) is 47.4 Å². The number of nitrogen functional groups attached to an aromatic ring is 1. The summed E-state index contributed by atoms with van der Waals surface area (Å²) in [6.07, 6.45) is 0. The summed E-state index contributed by atoms with van der Waals surface area (Å²) in [6, 6.07) is 13.5. The number of benzene rings is 2. The van der Waals surface area contributed by atoms with E-state index in [2.05, 4.69) is 18.7 Å². The average Bonchev–Trinajstić information content (AvgIpc) is 2.91. The predicted octanol–water partition coefficient (Wildman–Crippen LogP) is 3.15. The molecule has 1 aliphatic heterocycles. The van der Waals surface area contributed by atoms with Gasteiger partial charge in [0.15, 0.2) is 5.78 Å². The van der Waals surface area contributed by atoms with E-state index in [4.69, 9.17) is 11.5 Å². The van der Waals surface area contributed by atoms with Crippen LogP contribution in [0.2, 0.25) is 0 Å². The summed E-state index contributed by atoms with van der Waals surface area (Å²) in [5.74, 6) is 0.0619. The van der Waals surface area contributed by atoms with Gasteiger partial charge in [-0.15, -0.1) is 0 Å². The molecule has 0 saturated carbocycles. The quantitative estimate of drug-likeness (QED) is 0.612. The van der Waals surface area contributed by atoms with E-state index in [-0.39, 0.29) is 17.8 Å². The maximum atomic E-state index is 12.7. The number of anilines is 3. The number of carbonyl (C=O) groups is 1. The van der Waals surface area contributed by atoms with Crippen molar-refractivity contribution in [3.8, 4) is 0 Å². The second-order valence-electron chi connectivity index (χ2n) is 6.01.